The summed E-state index contributed by atoms with van der Waals surface area (Å²) in [6.07, 6.45) is 10.6. The normalized spacial score (nSPS) is 38.6. The van der Waals surface area contributed by atoms with Crippen LogP contribution >= 0.6 is 0 Å². The minimum absolute atomic E-state index is 0.0219. The van der Waals surface area contributed by atoms with Crippen molar-refractivity contribution < 1.29 is 18.8 Å². The minimum Gasteiger partial charge on any atom is -0.347 e. The van der Waals surface area contributed by atoms with E-state index in [1.54, 1.807) is 0 Å². The lowest BCUT2D eigenvalue weighted by atomic mass is 9.35. The third kappa shape index (κ3) is 4.71. The molecule has 1 N–H and O–H groups in total. The summed E-state index contributed by atoms with van der Waals surface area (Å²) in [7, 11) is 0. The van der Waals surface area contributed by atoms with Crippen LogP contribution in [0.1, 0.15) is 99.0 Å². The number of nitrogens with zero attached hydrogens (tertiary/aromatic N) is 2. The molecule has 246 valence electrons. The van der Waals surface area contributed by atoms with Crippen LogP contribution in [0.3, 0.4) is 0 Å². The standard InChI is InChI=1S/C40H46FN3O3/c1-35(2)14-16-40(44-32(46)18-25(22-42)24-8-10-27(41)11-9-24)17-15-39(7)33(28(40)21-35)29(45)19-31-37(5)20-26(23-43)34(47)36(3,4)30(37)12-13-38(31,39)6/h8-11,18-20,28,30,33H,12-17,21H2,1-7H3,(H,44,46)/b25-18+/t28-,30-,33-,37-,38+,39+,40-/m0/s1. The van der Waals surface area contributed by atoms with Crippen molar-refractivity contribution in [2.24, 2.45) is 44.8 Å². The molecule has 6 rings (SSSR count). The molecule has 3 fully saturated rings. The predicted octanol–water partition coefficient (Wildman–Crippen LogP) is 7.82. The lowest BCUT2D eigenvalue weighted by molar-refractivity contribution is -0.163. The van der Waals surface area contributed by atoms with Crippen LogP contribution in [-0.4, -0.2) is 23.0 Å². The number of Topliss-reactive ketones (excluding diaryl/α,β-unsaturated/α-hetero) is 1. The smallest absolute Gasteiger partial charge is 0.245 e. The zero-order valence-corrected chi connectivity index (χ0v) is 28.7. The molecule has 0 aromatic heterocycles. The van der Waals surface area contributed by atoms with Crippen LogP contribution in [0, 0.1) is 73.3 Å². The van der Waals surface area contributed by atoms with E-state index < -0.39 is 27.6 Å². The lowest BCUT2D eigenvalue weighted by Crippen LogP contribution is -2.69. The Morgan fingerprint density at radius 2 is 1.62 bits per heavy atom. The van der Waals surface area contributed by atoms with Gasteiger partial charge in [0.25, 0.3) is 0 Å². The largest absolute Gasteiger partial charge is 0.347 e. The van der Waals surface area contributed by atoms with Crippen LogP contribution in [0.5, 0.6) is 0 Å². The molecule has 0 heterocycles. The number of nitriles is 2. The molecule has 5 aliphatic carbocycles. The number of fused-ring (bicyclic) bond motifs is 7. The first kappa shape index (κ1) is 33.1. The summed E-state index contributed by atoms with van der Waals surface area (Å²) in [4.78, 5) is 41.8. The summed E-state index contributed by atoms with van der Waals surface area (Å²) in [5.41, 5.74) is -0.848. The molecule has 1 amide bonds. The Kier molecular flexibility index (Phi) is 7.45. The van der Waals surface area contributed by atoms with Gasteiger partial charge in [-0.3, -0.25) is 14.4 Å². The number of hydrogen-bond donors (Lipinski definition) is 1. The van der Waals surface area contributed by atoms with Crippen molar-refractivity contribution >= 4 is 23.0 Å². The number of ketones is 2. The molecule has 3 saturated carbocycles. The SMILES string of the molecule is CC1(C)CC[C@]2(NC(=O)/C=C(\C#N)c3ccc(F)cc3)CC[C@]3(C)[C@H](C(=O)C=C4[C@@]5(C)C=C(C#N)C(=O)C(C)(C)[C@@H]5CC[C@]43C)[C@@H]2C1. The van der Waals surface area contributed by atoms with E-state index in [9.17, 15) is 29.3 Å². The second-order valence-electron chi connectivity index (χ2n) is 17.1. The molecule has 1 aromatic rings. The van der Waals surface area contributed by atoms with Gasteiger partial charge < -0.3 is 5.32 Å². The summed E-state index contributed by atoms with van der Waals surface area (Å²) in [5, 5.41) is 23.2. The van der Waals surface area contributed by atoms with Crippen LogP contribution in [0.25, 0.3) is 5.57 Å². The highest BCUT2D eigenvalue weighted by Gasteiger charge is 2.70. The fourth-order valence-electron chi connectivity index (χ4n) is 11.1. The summed E-state index contributed by atoms with van der Waals surface area (Å²) >= 11 is 0. The summed E-state index contributed by atoms with van der Waals surface area (Å²) < 4.78 is 13.5. The van der Waals surface area contributed by atoms with Gasteiger partial charge in [0.1, 0.15) is 11.9 Å². The molecular weight excluding hydrogens is 589 g/mol. The Morgan fingerprint density at radius 1 is 0.957 bits per heavy atom. The van der Waals surface area contributed by atoms with Gasteiger partial charge in [-0.15, -0.1) is 0 Å². The number of amides is 1. The molecule has 0 unspecified atom stereocenters. The van der Waals surface area contributed by atoms with Gasteiger partial charge in [0.2, 0.25) is 5.91 Å². The van der Waals surface area contributed by atoms with Crippen LogP contribution in [-0.2, 0) is 14.4 Å². The zero-order chi connectivity index (χ0) is 34.4. The number of nitrogens with one attached hydrogen (secondary N) is 1. The van der Waals surface area contributed by atoms with Crippen molar-refractivity contribution in [2.75, 3.05) is 0 Å². The molecule has 0 radical (unpaired) electrons. The number of carbonyl (C=O) groups excluding carboxylic acids is 3. The van der Waals surface area contributed by atoms with Crippen LogP contribution < -0.4 is 5.32 Å². The van der Waals surface area contributed by atoms with Gasteiger partial charge in [0.15, 0.2) is 11.6 Å². The Labute approximate surface area is 278 Å². The van der Waals surface area contributed by atoms with Crippen LogP contribution in [0.4, 0.5) is 4.39 Å². The molecule has 7 heteroatoms. The Morgan fingerprint density at radius 3 is 2.26 bits per heavy atom. The quantitative estimate of drug-likeness (QED) is 0.269. The van der Waals surface area contributed by atoms with E-state index in [0.29, 0.717) is 12.0 Å². The van der Waals surface area contributed by atoms with E-state index in [1.165, 1.54) is 30.3 Å². The van der Waals surface area contributed by atoms with Gasteiger partial charge in [0, 0.05) is 28.4 Å². The van der Waals surface area contributed by atoms with Crippen molar-refractivity contribution in [3.8, 4) is 12.1 Å². The number of allylic oxidation sites excluding steroid dienone is 5. The van der Waals surface area contributed by atoms with Crippen LogP contribution in [0.2, 0.25) is 0 Å². The highest BCUT2D eigenvalue weighted by molar-refractivity contribution is 6.05. The number of benzene rings is 1. The fraction of sp³-hybridized carbons (Fsp3) is 0.575. The molecule has 6 nitrogen and oxygen atoms in total. The van der Waals surface area contributed by atoms with E-state index in [0.717, 1.165) is 44.1 Å². The average Bonchev–Trinajstić information content (AvgIpc) is 3.00. The van der Waals surface area contributed by atoms with Crippen molar-refractivity contribution in [1.82, 2.24) is 5.32 Å². The number of halogens is 1. The maximum atomic E-state index is 14.7. The number of hydrogen-bond acceptors (Lipinski definition) is 5. The van der Waals surface area contributed by atoms with E-state index in [4.69, 9.17) is 0 Å². The van der Waals surface area contributed by atoms with Gasteiger partial charge in [-0.05, 0) is 96.8 Å². The van der Waals surface area contributed by atoms with Crippen molar-refractivity contribution in [3.05, 3.63) is 65.0 Å². The summed E-state index contributed by atoms with van der Waals surface area (Å²) in [6, 6.07) is 9.79. The second kappa shape index (κ2) is 10.6. The Hall–Kier alpha value is -3.84. The fourth-order valence-corrected chi connectivity index (χ4v) is 11.1. The minimum atomic E-state index is -0.722. The van der Waals surface area contributed by atoms with Gasteiger partial charge in [-0.25, -0.2) is 4.39 Å². The number of rotatable bonds is 3. The highest BCUT2D eigenvalue weighted by atomic mass is 19.1. The second-order valence-corrected chi connectivity index (χ2v) is 17.1. The monoisotopic (exact) mass is 635 g/mol. The summed E-state index contributed by atoms with van der Waals surface area (Å²) in [5.74, 6) is -1.29. The van der Waals surface area contributed by atoms with Crippen LogP contribution in [0.15, 0.2) is 53.6 Å². The Bertz CT molecular complexity index is 1750. The van der Waals surface area contributed by atoms with Gasteiger partial charge in [-0.1, -0.05) is 72.2 Å². The highest BCUT2D eigenvalue weighted by Crippen LogP contribution is 2.73. The third-order valence-corrected chi connectivity index (χ3v) is 13.8. The Balaban J connectivity index is 1.42. The van der Waals surface area contributed by atoms with Crippen molar-refractivity contribution in [1.29, 1.82) is 10.5 Å². The van der Waals surface area contributed by atoms with Gasteiger partial charge >= 0.3 is 0 Å². The third-order valence-electron chi connectivity index (χ3n) is 13.8. The molecule has 7 atom stereocenters. The number of carbonyl (C=O) groups is 3. The molecule has 0 bridgehead atoms. The molecule has 0 spiro atoms. The topological polar surface area (TPSA) is 111 Å². The zero-order valence-electron chi connectivity index (χ0n) is 28.7. The van der Waals surface area contributed by atoms with Crippen molar-refractivity contribution in [2.45, 2.75) is 99.0 Å². The van der Waals surface area contributed by atoms with Gasteiger partial charge in [0.05, 0.1) is 17.2 Å². The van der Waals surface area contributed by atoms with Gasteiger partial charge in [-0.2, -0.15) is 10.5 Å². The molecule has 0 aliphatic heterocycles. The predicted molar refractivity (Wildman–Crippen MR) is 177 cm³/mol. The first-order valence-electron chi connectivity index (χ1n) is 17.0. The van der Waals surface area contributed by atoms with E-state index >= 15 is 0 Å². The first-order chi connectivity index (χ1) is 21.9. The maximum Gasteiger partial charge on any atom is 0.245 e. The van der Waals surface area contributed by atoms with E-state index in [1.807, 2.05) is 26.0 Å². The van der Waals surface area contributed by atoms with E-state index in [2.05, 4.69) is 52.1 Å². The first-order valence-corrected chi connectivity index (χ1v) is 17.0. The molecule has 5 aliphatic rings. The van der Waals surface area contributed by atoms with E-state index in [-0.39, 0.29) is 57.2 Å². The molecule has 0 saturated heterocycles. The lowest BCUT2D eigenvalue weighted by Gasteiger charge is -2.69. The van der Waals surface area contributed by atoms with Crippen molar-refractivity contribution in [3.63, 3.8) is 0 Å². The molecular formula is C40H46FN3O3. The maximum absolute atomic E-state index is 14.7. The molecule has 1 aromatic carbocycles. The summed E-state index contributed by atoms with van der Waals surface area (Å²) in [6.45, 7) is 15.1. The average molecular weight is 636 g/mol. The molecule has 47 heavy (non-hydrogen) atoms.